The SMILES string of the molecule is Fc1nc[c]cc1C(F)F. The van der Waals surface area contributed by atoms with E-state index in [4.69, 9.17) is 0 Å². The van der Waals surface area contributed by atoms with E-state index in [1.54, 1.807) is 0 Å². The molecule has 0 amide bonds. The topological polar surface area (TPSA) is 12.9 Å². The summed E-state index contributed by atoms with van der Waals surface area (Å²) in [5.74, 6) is -1.13. The van der Waals surface area contributed by atoms with Crippen LogP contribution >= 0.6 is 0 Å². The molecule has 1 nitrogen and oxygen atoms in total. The average Bonchev–Trinajstić information content (AvgIpc) is 1.88. The predicted octanol–water partition coefficient (Wildman–Crippen LogP) is 1.96. The third-order valence-electron chi connectivity index (χ3n) is 0.965. The molecule has 0 saturated carbocycles. The van der Waals surface area contributed by atoms with Gasteiger partial charge in [-0.05, 0) is 6.07 Å². The van der Waals surface area contributed by atoms with Crippen LogP contribution in [0.4, 0.5) is 13.2 Å². The first-order chi connectivity index (χ1) is 4.72. The number of nitrogens with zero attached hydrogens (tertiary/aromatic N) is 1. The molecule has 0 N–H and O–H groups in total. The van der Waals surface area contributed by atoms with Gasteiger partial charge in [-0.3, -0.25) is 0 Å². The normalized spacial score (nSPS) is 10.4. The van der Waals surface area contributed by atoms with E-state index in [9.17, 15) is 13.2 Å². The van der Waals surface area contributed by atoms with Gasteiger partial charge in [0.2, 0.25) is 5.95 Å². The number of aromatic nitrogens is 1. The van der Waals surface area contributed by atoms with Gasteiger partial charge in [0.25, 0.3) is 6.43 Å². The zero-order valence-corrected chi connectivity index (χ0v) is 4.81. The van der Waals surface area contributed by atoms with Gasteiger partial charge in [-0.1, -0.05) is 0 Å². The zero-order valence-electron chi connectivity index (χ0n) is 4.81. The Hall–Kier alpha value is -1.06. The van der Waals surface area contributed by atoms with Crippen LogP contribution in [0.1, 0.15) is 12.0 Å². The van der Waals surface area contributed by atoms with E-state index in [1.165, 1.54) is 0 Å². The molecule has 1 rings (SSSR count). The van der Waals surface area contributed by atoms with E-state index in [0.29, 0.717) is 0 Å². The number of hydrogen-bond donors (Lipinski definition) is 0. The highest BCUT2D eigenvalue weighted by Gasteiger charge is 2.12. The fourth-order valence-electron chi connectivity index (χ4n) is 0.508. The molecular formula is C6H3F3N. The summed E-state index contributed by atoms with van der Waals surface area (Å²) in [4.78, 5) is 3.00. The predicted molar refractivity (Wildman–Crippen MR) is 28.0 cm³/mol. The van der Waals surface area contributed by atoms with Crippen molar-refractivity contribution in [3.63, 3.8) is 0 Å². The fraction of sp³-hybridized carbons (Fsp3) is 0.167. The molecular weight excluding hydrogens is 143 g/mol. The van der Waals surface area contributed by atoms with Gasteiger partial charge >= 0.3 is 0 Å². The first kappa shape index (κ1) is 7.05. The van der Waals surface area contributed by atoms with Crippen molar-refractivity contribution in [2.24, 2.45) is 0 Å². The molecule has 0 unspecified atom stereocenters. The van der Waals surface area contributed by atoms with Crippen LogP contribution in [0.25, 0.3) is 0 Å². The van der Waals surface area contributed by atoms with E-state index < -0.39 is 17.9 Å². The van der Waals surface area contributed by atoms with E-state index in [-0.39, 0.29) is 0 Å². The zero-order chi connectivity index (χ0) is 7.56. The minimum atomic E-state index is -2.81. The Morgan fingerprint density at radius 3 is 2.60 bits per heavy atom. The molecule has 1 aromatic heterocycles. The smallest absolute Gasteiger partial charge is 0.227 e. The highest BCUT2D eigenvalue weighted by Crippen LogP contribution is 2.18. The Balaban J connectivity index is 3.03. The lowest BCUT2D eigenvalue weighted by atomic mass is 10.3. The molecule has 0 aromatic carbocycles. The molecule has 1 radical (unpaired) electrons. The van der Waals surface area contributed by atoms with Gasteiger partial charge in [-0.2, -0.15) is 4.39 Å². The number of rotatable bonds is 1. The van der Waals surface area contributed by atoms with Crippen molar-refractivity contribution >= 4 is 0 Å². The Morgan fingerprint density at radius 1 is 1.50 bits per heavy atom. The summed E-state index contributed by atoms with van der Waals surface area (Å²) in [5.41, 5.74) is -0.706. The van der Waals surface area contributed by atoms with E-state index in [2.05, 4.69) is 11.1 Å². The lowest BCUT2D eigenvalue weighted by molar-refractivity contribution is 0.145. The second-order valence-electron chi connectivity index (χ2n) is 1.62. The van der Waals surface area contributed by atoms with Gasteiger partial charge in [-0.15, -0.1) is 0 Å². The third-order valence-corrected chi connectivity index (χ3v) is 0.965. The van der Waals surface area contributed by atoms with Gasteiger partial charge in [0.05, 0.1) is 5.56 Å². The molecule has 10 heavy (non-hydrogen) atoms. The van der Waals surface area contributed by atoms with Crippen LogP contribution in [0.15, 0.2) is 12.3 Å². The maximum Gasteiger partial charge on any atom is 0.268 e. The number of alkyl halides is 2. The van der Waals surface area contributed by atoms with Gasteiger partial charge in [0.1, 0.15) is 0 Å². The fourth-order valence-corrected chi connectivity index (χ4v) is 0.508. The van der Waals surface area contributed by atoms with Crippen LogP contribution < -0.4 is 0 Å². The van der Waals surface area contributed by atoms with Crippen LogP contribution in [0.2, 0.25) is 0 Å². The summed E-state index contributed by atoms with van der Waals surface area (Å²) < 4.78 is 35.7. The summed E-state index contributed by atoms with van der Waals surface area (Å²) in [5, 5.41) is 0. The first-order valence-corrected chi connectivity index (χ1v) is 2.51. The van der Waals surface area contributed by atoms with Crippen molar-refractivity contribution in [3.05, 3.63) is 29.8 Å². The van der Waals surface area contributed by atoms with Crippen molar-refractivity contribution < 1.29 is 13.2 Å². The van der Waals surface area contributed by atoms with Crippen LogP contribution in [-0.2, 0) is 0 Å². The van der Waals surface area contributed by atoms with E-state index in [0.717, 1.165) is 12.3 Å². The standard InChI is InChI=1S/C6H3F3N/c7-5(8)4-2-1-3-10-6(4)9/h2-3,5H. The number of halogens is 3. The lowest BCUT2D eigenvalue weighted by Crippen LogP contribution is -1.92. The highest BCUT2D eigenvalue weighted by atomic mass is 19.3. The molecule has 0 saturated heterocycles. The molecule has 0 spiro atoms. The summed E-state index contributed by atoms with van der Waals surface area (Å²) in [6.07, 6.45) is -1.81. The van der Waals surface area contributed by atoms with Crippen LogP contribution in [0.5, 0.6) is 0 Å². The van der Waals surface area contributed by atoms with Crippen molar-refractivity contribution in [2.75, 3.05) is 0 Å². The van der Waals surface area contributed by atoms with E-state index >= 15 is 0 Å². The Morgan fingerprint density at radius 2 is 2.20 bits per heavy atom. The van der Waals surface area contributed by atoms with Crippen molar-refractivity contribution in [2.45, 2.75) is 6.43 Å². The monoisotopic (exact) mass is 146 g/mol. The number of pyridine rings is 1. The molecule has 1 heterocycles. The second kappa shape index (κ2) is 2.68. The molecule has 0 atom stereocenters. The van der Waals surface area contributed by atoms with E-state index in [1.807, 2.05) is 0 Å². The minimum absolute atomic E-state index is 0.706. The minimum Gasteiger partial charge on any atom is -0.227 e. The van der Waals surface area contributed by atoms with Crippen LogP contribution in [-0.4, -0.2) is 4.98 Å². The lowest BCUT2D eigenvalue weighted by Gasteiger charge is -1.96. The van der Waals surface area contributed by atoms with Gasteiger partial charge < -0.3 is 0 Å². The summed E-state index contributed by atoms with van der Waals surface area (Å²) in [7, 11) is 0. The van der Waals surface area contributed by atoms with Gasteiger partial charge in [0.15, 0.2) is 0 Å². The summed E-state index contributed by atoms with van der Waals surface area (Å²) in [6, 6.07) is 3.13. The molecule has 0 bridgehead atoms. The van der Waals surface area contributed by atoms with Gasteiger partial charge in [0, 0.05) is 12.3 Å². The van der Waals surface area contributed by atoms with Crippen molar-refractivity contribution in [3.8, 4) is 0 Å². The van der Waals surface area contributed by atoms with Gasteiger partial charge in [-0.25, -0.2) is 13.8 Å². The maximum absolute atomic E-state index is 12.2. The largest absolute Gasteiger partial charge is 0.268 e. The quantitative estimate of drug-likeness (QED) is 0.552. The highest BCUT2D eigenvalue weighted by molar-refractivity contribution is 5.10. The van der Waals surface area contributed by atoms with Crippen LogP contribution in [0.3, 0.4) is 0 Å². The van der Waals surface area contributed by atoms with Crippen molar-refractivity contribution in [1.82, 2.24) is 4.98 Å². The molecule has 4 heteroatoms. The Kier molecular flexibility index (Phi) is 1.89. The molecule has 0 aliphatic carbocycles. The second-order valence-corrected chi connectivity index (χ2v) is 1.62. The summed E-state index contributed by atoms with van der Waals surface area (Å²) >= 11 is 0. The maximum atomic E-state index is 12.2. The molecule has 53 valence electrons. The van der Waals surface area contributed by atoms with Crippen LogP contribution in [0, 0.1) is 12.0 Å². The summed E-state index contributed by atoms with van der Waals surface area (Å²) in [6.45, 7) is 0. The molecule has 0 aliphatic rings. The average molecular weight is 146 g/mol. The number of hydrogen-bond acceptors (Lipinski definition) is 1. The molecule has 0 fully saturated rings. The third kappa shape index (κ3) is 1.26. The Bertz CT molecular complexity index is 224. The molecule has 1 aromatic rings. The van der Waals surface area contributed by atoms with Crippen molar-refractivity contribution in [1.29, 1.82) is 0 Å². The Labute approximate surface area is 55.5 Å². The molecule has 0 aliphatic heterocycles. The first-order valence-electron chi connectivity index (χ1n) is 2.51.